The molecule has 0 aliphatic rings. The minimum Gasteiger partial charge on any atom is -0.497 e. The second-order valence-corrected chi connectivity index (χ2v) is 5.12. The standard InChI is InChI=1S/C17H20N4O2/c1-22-10-4-7-18-16-17-20-12-15(21(17)9-8-19-16)13-5-3-6-14(11-13)23-2/h3,5-6,8-9,11-12H,4,7,10H2,1-2H3,(H,18,19). The van der Waals surface area contributed by atoms with E-state index in [9.17, 15) is 0 Å². The fraction of sp³-hybridized carbons (Fsp3) is 0.294. The summed E-state index contributed by atoms with van der Waals surface area (Å²) in [5, 5.41) is 3.31. The van der Waals surface area contributed by atoms with Gasteiger partial charge >= 0.3 is 0 Å². The van der Waals surface area contributed by atoms with Crippen LogP contribution in [0.2, 0.25) is 0 Å². The van der Waals surface area contributed by atoms with E-state index in [1.807, 2.05) is 41.1 Å². The molecule has 1 aromatic carbocycles. The number of hydrogen-bond acceptors (Lipinski definition) is 5. The topological polar surface area (TPSA) is 60.7 Å². The zero-order chi connectivity index (χ0) is 16.1. The van der Waals surface area contributed by atoms with Crippen molar-refractivity contribution < 1.29 is 9.47 Å². The van der Waals surface area contributed by atoms with Crippen LogP contribution in [-0.2, 0) is 4.74 Å². The molecule has 3 aromatic rings. The van der Waals surface area contributed by atoms with Gasteiger partial charge in [0, 0.05) is 38.2 Å². The maximum atomic E-state index is 5.30. The molecule has 23 heavy (non-hydrogen) atoms. The highest BCUT2D eigenvalue weighted by molar-refractivity contribution is 5.71. The largest absolute Gasteiger partial charge is 0.497 e. The molecule has 0 spiro atoms. The monoisotopic (exact) mass is 312 g/mol. The Labute approximate surface area is 135 Å². The van der Waals surface area contributed by atoms with Gasteiger partial charge in [-0.2, -0.15) is 0 Å². The summed E-state index contributed by atoms with van der Waals surface area (Å²) in [6, 6.07) is 7.93. The van der Waals surface area contributed by atoms with Crippen molar-refractivity contribution >= 4 is 11.5 Å². The Balaban J connectivity index is 1.91. The van der Waals surface area contributed by atoms with Gasteiger partial charge < -0.3 is 14.8 Å². The number of ether oxygens (including phenoxy) is 2. The zero-order valence-corrected chi connectivity index (χ0v) is 13.3. The first kappa shape index (κ1) is 15.3. The molecule has 0 radical (unpaired) electrons. The quantitative estimate of drug-likeness (QED) is 0.680. The average Bonchev–Trinajstić information content (AvgIpc) is 3.03. The van der Waals surface area contributed by atoms with E-state index in [4.69, 9.17) is 9.47 Å². The number of methoxy groups -OCH3 is 2. The second-order valence-electron chi connectivity index (χ2n) is 5.12. The lowest BCUT2D eigenvalue weighted by Crippen LogP contribution is -2.07. The van der Waals surface area contributed by atoms with Crippen molar-refractivity contribution in [2.24, 2.45) is 0 Å². The van der Waals surface area contributed by atoms with Crippen LogP contribution in [0.3, 0.4) is 0 Å². The molecule has 0 atom stereocenters. The van der Waals surface area contributed by atoms with E-state index in [-0.39, 0.29) is 0 Å². The fourth-order valence-electron chi connectivity index (χ4n) is 2.46. The van der Waals surface area contributed by atoms with Crippen LogP contribution in [0.4, 0.5) is 5.82 Å². The zero-order valence-electron chi connectivity index (χ0n) is 13.3. The first-order valence-corrected chi connectivity index (χ1v) is 7.53. The van der Waals surface area contributed by atoms with Crippen LogP contribution in [-0.4, -0.2) is 41.7 Å². The molecule has 2 heterocycles. The lowest BCUT2D eigenvalue weighted by Gasteiger charge is -2.08. The Morgan fingerprint density at radius 1 is 1.22 bits per heavy atom. The van der Waals surface area contributed by atoms with E-state index in [1.54, 1.807) is 20.4 Å². The minimum absolute atomic E-state index is 0.722. The van der Waals surface area contributed by atoms with E-state index in [0.717, 1.165) is 48.0 Å². The van der Waals surface area contributed by atoms with E-state index in [2.05, 4.69) is 15.3 Å². The lowest BCUT2D eigenvalue weighted by molar-refractivity contribution is 0.198. The van der Waals surface area contributed by atoms with Gasteiger partial charge in [-0.1, -0.05) is 12.1 Å². The molecule has 3 rings (SSSR count). The van der Waals surface area contributed by atoms with Crippen molar-refractivity contribution in [2.75, 3.05) is 32.7 Å². The molecular weight excluding hydrogens is 292 g/mol. The van der Waals surface area contributed by atoms with Gasteiger partial charge in [-0.25, -0.2) is 9.97 Å². The van der Waals surface area contributed by atoms with Gasteiger partial charge in [0.05, 0.1) is 19.0 Å². The number of anilines is 1. The number of rotatable bonds is 7. The van der Waals surface area contributed by atoms with Crippen LogP contribution in [0.5, 0.6) is 5.75 Å². The molecule has 0 saturated heterocycles. The second kappa shape index (κ2) is 7.11. The molecule has 6 nitrogen and oxygen atoms in total. The first-order valence-electron chi connectivity index (χ1n) is 7.53. The number of imidazole rings is 1. The summed E-state index contributed by atoms with van der Waals surface area (Å²) in [6.07, 6.45) is 6.46. The predicted octanol–water partition coefficient (Wildman–Crippen LogP) is 2.85. The van der Waals surface area contributed by atoms with E-state index in [0.29, 0.717) is 0 Å². The molecule has 6 heteroatoms. The van der Waals surface area contributed by atoms with E-state index in [1.165, 1.54) is 0 Å². The summed E-state index contributed by atoms with van der Waals surface area (Å²) in [7, 11) is 3.37. The minimum atomic E-state index is 0.722. The van der Waals surface area contributed by atoms with E-state index >= 15 is 0 Å². The normalized spacial score (nSPS) is 10.9. The summed E-state index contributed by atoms with van der Waals surface area (Å²) in [5.41, 5.74) is 2.86. The Kier molecular flexibility index (Phi) is 4.73. The van der Waals surface area contributed by atoms with Gasteiger partial charge in [-0.05, 0) is 18.6 Å². The Hall–Kier alpha value is -2.60. The summed E-state index contributed by atoms with van der Waals surface area (Å²) < 4.78 is 12.4. The highest BCUT2D eigenvalue weighted by atomic mass is 16.5. The average molecular weight is 312 g/mol. The van der Waals surface area contributed by atoms with Crippen molar-refractivity contribution in [1.29, 1.82) is 0 Å². The van der Waals surface area contributed by atoms with Crippen molar-refractivity contribution in [2.45, 2.75) is 6.42 Å². The van der Waals surface area contributed by atoms with Crippen LogP contribution in [0, 0.1) is 0 Å². The maximum absolute atomic E-state index is 5.30. The highest BCUT2D eigenvalue weighted by Gasteiger charge is 2.10. The number of benzene rings is 1. The Morgan fingerprint density at radius 3 is 2.96 bits per heavy atom. The molecule has 0 unspecified atom stereocenters. The van der Waals surface area contributed by atoms with Gasteiger partial charge in [0.1, 0.15) is 5.75 Å². The summed E-state index contributed by atoms with van der Waals surface area (Å²) in [5.74, 6) is 1.60. The van der Waals surface area contributed by atoms with Crippen LogP contribution in [0.1, 0.15) is 6.42 Å². The van der Waals surface area contributed by atoms with E-state index < -0.39 is 0 Å². The first-order chi connectivity index (χ1) is 11.3. The third kappa shape index (κ3) is 3.27. The van der Waals surface area contributed by atoms with Crippen LogP contribution >= 0.6 is 0 Å². The molecule has 0 fully saturated rings. The SMILES string of the molecule is COCCCNc1nccn2c(-c3cccc(OC)c3)cnc12. The molecule has 0 amide bonds. The molecule has 0 saturated carbocycles. The third-order valence-electron chi connectivity index (χ3n) is 3.61. The predicted molar refractivity (Wildman–Crippen MR) is 90.0 cm³/mol. The maximum Gasteiger partial charge on any atom is 0.180 e. The molecule has 0 bridgehead atoms. The van der Waals surface area contributed by atoms with Gasteiger partial charge in [-0.15, -0.1) is 0 Å². The summed E-state index contributed by atoms with van der Waals surface area (Å²) in [4.78, 5) is 8.90. The van der Waals surface area contributed by atoms with Crippen LogP contribution in [0.25, 0.3) is 16.9 Å². The molecule has 120 valence electrons. The van der Waals surface area contributed by atoms with Gasteiger partial charge in [0.25, 0.3) is 0 Å². The van der Waals surface area contributed by atoms with Crippen LogP contribution < -0.4 is 10.1 Å². The van der Waals surface area contributed by atoms with Gasteiger partial charge in [-0.3, -0.25) is 4.40 Å². The van der Waals surface area contributed by atoms with Crippen molar-refractivity contribution in [3.05, 3.63) is 42.9 Å². The summed E-state index contributed by atoms with van der Waals surface area (Å²) >= 11 is 0. The Morgan fingerprint density at radius 2 is 2.13 bits per heavy atom. The third-order valence-corrected chi connectivity index (χ3v) is 3.61. The molecule has 1 N–H and O–H groups in total. The lowest BCUT2D eigenvalue weighted by atomic mass is 10.1. The molecule has 0 aliphatic carbocycles. The smallest absolute Gasteiger partial charge is 0.180 e. The molecular formula is C17H20N4O2. The van der Waals surface area contributed by atoms with Gasteiger partial charge in [0.15, 0.2) is 11.5 Å². The fourth-order valence-corrected chi connectivity index (χ4v) is 2.46. The number of hydrogen-bond donors (Lipinski definition) is 1. The van der Waals surface area contributed by atoms with Gasteiger partial charge in [0.2, 0.25) is 0 Å². The number of fused-ring (bicyclic) bond motifs is 1. The van der Waals surface area contributed by atoms with Crippen LogP contribution in [0.15, 0.2) is 42.9 Å². The number of nitrogens with one attached hydrogen (secondary N) is 1. The van der Waals surface area contributed by atoms with Crippen molar-refractivity contribution in [1.82, 2.24) is 14.4 Å². The number of nitrogens with zero attached hydrogens (tertiary/aromatic N) is 3. The molecule has 2 aromatic heterocycles. The molecule has 0 aliphatic heterocycles. The highest BCUT2D eigenvalue weighted by Crippen LogP contribution is 2.26. The Bertz CT molecular complexity index is 785. The summed E-state index contributed by atoms with van der Waals surface area (Å²) in [6.45, 7) is 1.52. The van der Waals surface area contributed by atoms with Crippen molar-refractivity contribution in [3.8, 4) is 17.0 Å². The van der Waals surface area contributed by atoms with Crippen molar-refractivity contribution in [3.63, 3.8) is 0 Å². The number of aromatic nitrogens is 3.